The highest BCUT2D eigenvalue weighted by molar-refractivity contribution is 9.10. The Labute approximate surface area is 153 Å². The zero-order chi connectivity index (χ0) is 18.0. The number of amides is 1. The summed E-state index contributed by atoms with van der Waals surface area (Å²) >= 11 is 3.24. The van der Waals surface area contributed by atoms with E-state index in [1.807, 2.05) is 0 Å². The second-order valence-electron chi connectivity index (χ2n) is 5.51. The van der Waals surface area contributed by atoms with E-state index in [0.29, 0.717) is 4.47 Å². The molecule has 1 aliphatic heterocycles. The molecule has 0 aliphatic carbocycles. The van der Waals surface area contributed by atoms with Crippen molar-refractivity contribution in [2.24, 2.45) is 0 Å². The second kappa shape index (κ2) is 7.19. The normalized spacial score (nSPS) is 16.0. The Kier molecular flexibility index (Phi) is 5.16. The zero-order valence-electron chi connectivity index (χ0n) is 13.1. The molecule has 0 N–H and O–H groups in total. The Bertz CT molecular complexity index is 885. The van der Waals surface area contributed by atoms with Gasteiger partial charge in [0.25, 0.3) is 5.91 Å². The number of carbonyl (C=O) groups is 1. The second-order valence-corrected chi connectivity index (χ2v) is 8.30. The van der Waals surface area contributed by atoms with Gasteiger partial charge in [-0.05, 0) is 46.3 Å². The fourth-order valence-corrected chi connectivity index (χ4v) is 4.42. The number of carbonyl (C=O) groups excluding carboxylic acids is 1. The van der Waals surface area contributed by atoms with Crippen LogP contribution < -0.4 is 0 Å². The molecule has 1 aromatic heterocycles. The van der Waals surface area contributed by atoms with Gasteiger partial charge in [-0.3, -0.25) is 9.78 Å². The highest BCUT2D eigenvalue weighted by Gasteiger charge is 2.31. The van der Waals surface area contributed by atoms with Crippen LogP contribution in [-0.4, -0.2) is 54.7 Å². The fourth-order valence-electron chi connectivity index (χ4n) is 2.61. The van der Waals surface area contributed by atoms with E-state index in [-0.39, 0.29) is 42.5 Å². The van der Waals surface area contributed by atoms with Gasteiger partial charge in [-0.2, -0.15) is 4.31 Å². The predicted octanol–water partition coefficient (Wildman–Crippen LogP) is 2.13. The monoisotopic (exact) mass is 427 g/mol. The molecule has 0 saturated carbocycles. The van der Waals surface area contributed by atoms with Crippen LogP contribution in [0.1, 0.15) is 10.4 Å². The van der Waals surface area contributed by atoms with Crippen molar-refractivity contribution in [2.45, 2.75) is 4.90 Å². The summed E-state index contributed by atoms with van der Waals surface area (Å²) in [5, 5.41) is 0. The Morgan fingerprint density at radius 3 is 2.52 bits per heavy atom. The van der Waals surface area contributed by atoms with E-state index in [1.165, 1.54) is 45.9 Å². The van der Waals surface area contributed by atoms with E-state index < -0.39 is 15.8 Å². The molecule has 6 nitrogen and oxygen atoms in total. The lowest BCUT2D eigenvalue weighted by Gasteiger charge is -2.34. The smallest absolute Gasteiger partial charge is 0.255 e. The molecule has 0 spiro atoms. The molecule has 9 heteroatoms. The van der Waals surface area contributed by atoms with E-state index in [1.54, 1.807) is 6.07 Å². The molecule has 0 radical (unpaired) electrons. The van der Waals surface area contributed by atoms with Gasteiger partial charge in [-0.15, -0.1) is 0 Å². The van der Waals surface area contributed by atoms with Gasteiger partial charge in [0.2, 0.25) is 10.0 Å². The van der Waals surface area contributed by atoms with Crippen LogP contribution >= 0.6 is 15.9 Å². The number of rotatable bonds is 3. The van der Waals surface area contributed by atoms with Crippen LogP contribution in [0.5, 0.6) is 0 Å². The number of sulfonamides is 1. The molecule has 0 bridgehead atoms. The van der Waals surface area contributed by atoms with Gasteiger partial charge < -0.3 is 4.90 Å². The van der Waals surface area contributed by atoms with Gasteiger partial charge in [0.15, 0.2) is 0 Å². The lowest BCUT2D eigenvalue weighted by molar-refractivity contribution is 0.0696. The van der Waals surface area contributed by atoms with E-state index in [4.69, 9.17) is 0 Å². The highest BCUT2D eigenvalue weighted by Crippen LogP contribution is 2.22. The van der Waals surface area contributed by atoms with Crippen molar-refractivity contribution in [3.63, 3.8) is 0 Å². The Balaban J connectivity index is 1.72. The Morgan fingerprint density at radius 1 is 1.16 bits per heavy atom. The minimum Gasteiger partial charge on any atom is -0.336 e. The predicted molar refractivity (Wildman–Crippen MR) is 93.0 cm³/mol. The molecule has 1 saturated heterocycles. The van der Waals surface area contributed by atoms with Crippen LogP contribution in [0.2, 0.25) is 0 Å². The third-order valence-electron chi connectivity index (χ3n) is 3.96. The van der Waals surface area contributed by atoms with Crippen LogP contribution in [-0.2, 0) is 10.0 Å². The minimum absolute atomic E-state index is 0.127. The summed E-state index contributed by atoms with van der Waals surface area (Å²) in [4.78, 5) is 18.0. The van der Waals surface area contributed by atoms with Gasteiger partial charge in [-0.1, -0.05) is 0 Å². The lowest BCUT2D eigenvalue weighted by Crippen LogP contribution is -2.50. The number of pyridine rings is 1. The van der Waals surface area contributed by atoms with Crippen molar-refractivity contribution in [3.05, 3.63) is 58.6 Å². The van der Waals surface area contributed by atoms with Crippen molar-refractivity contribution in [1.29, 1.82) is 0 Å². The minimum atomic E-state index is -3.63. The molecule has 132 valence electrons. The van der Waals surface area contributed by atoms with E-state index in [0.717, 1.165) is 0 Å². The molecule has 0 unspecified atom stereocenters. The molecule has 1 aliphatic rings. The molecule has 1 amide bonds. The fraction of sp³-hybridized carbons (Fsp3) is 0.250. The van der Waals surface area contributed by atoms with Gasteiger partial charge >= 0.3 is 0 Å². The van der Waals surface area contributed by atoms with Crippen LogP contribution in [0.3, 0.4) is 0 Å². The largest absolute Gasteiger partial charge is 0.336 e. The van der Waals surface area contributed by atoms with Crippen molar-refractivity contribution in [3.8, 4) is 0 Å². The molecule has 0 atom stereocenters. The summed E-state index contributed by atoms with van der Waals surface area (Å²) in [6.07, 6.45) is 2.81. The van der Waals surface area contributed by atoms with Gasteiger partial charge in [0.05, 0.1) is 5.56 Å². The summed E-state index contributed by atoms with van der Waals surface area (Å²) in [6.45, 7) is 0.828. The van der Waals surface area contributed by atoms with E-state index in [2.05, 4.69) is 20.9 Å². The molecule has 3 rings (SSSR count). The van der Waals surface area contributed by atoms with Gasteiger partial charge in [0, 0.05) is 43.0 Å². The maximum Gasteiger partial charge on any atom is 0.255 e. The lowest BCUT2D eigenvalue weighted by atomic mass is 10.2. The van der Waals surface area contributed by atoms with Crippen molar-refractivity contribution in [1.82, 2.24) is 14.2 Å². The molecule has 2 aromatic rings. The van der Waals surface area contributed by atoms with Crippen LogP contribution in [0, 0.1) is 5.82 Å². The number of aromatic nitrogens is 1. The average Bonchev–Trinajstić information content (AvgIpc) is 2.64. The van der Waals surface area contributed by atoms with E-state index >= 15 is 0 Å². The molecular weight excluding hydrogens is 413 g/mol. The number of benzene rings is 1. The first-order chi connectivity index (χ1) is 11.9. The number of nitrogens with zero attached hydrogens (tertiary/aromatic N) is 3. The van der Waals surface area contributed by atoms with Gasteiger partial charge in [0.1, 0.15) is 10.7 Å². The van der Waals surface area contributed by atoms with Gasteiger partial charge in [-0.25, -0.2) is 12.8 Å². The SMILES string of the molecule is O=C(c1cc(F)ccc1Br)N1CCN(S(=O)(=O)c2cccnc2)CC1. The maximum atomic E-state index is 13.4. The molecule has 1 aromatic carbocycles. The average molecular weight is 428 g/mol. The highest BCUT2D eigenvalue weighted by atomic mass is 79.9. The quantitative estimate of drug-likeness (QED) is 0.751. The number of halogens is 2. The summed E-state index contributed by atoms with van der Waals surface area (Å²) in [7, 11) is -3.63. The first-order valence-corrected chi connectivity index (χ1v) is 9.77. The first-order valence-electron chi connectivity index (χ1n) is 7.54. The third-order valence-corrected chi connectivity index (χ3v) is 6.53. The summed E-state index contributed by atoms with van der Waals surface area (Å²) in [5.74, 6) is -0.825. The van der Waals surface area contributed by atoms with E-state index in [9.17, 15) is 17.6 Å². The van der Waals surface area contributed by atoms with Crippen LogP contribution in [0.15, 0.2) is 52.1 Å². The first kappa shape index (κ1) is 18.0. The summed E-state index contributed by atoms with van der Waals surface area (Å²) in [5.41, 5.74) is 0.226. The van der Waals surface area contributed by atoms with Crippen LogP contribution in [0.4, 0.5) is 4.39 Å². The maximum absolute atomic E-state index is 13.4. The Morgan fingerprint density at radius 2 is 1.88 bits per heavy atom. The topological polar surface area (TPSA) is 70.6 Å². The number of hydrogen-bond acceptors (Lipinski definition) is 4. The zero-order valence-corrected chi connectivity index (χ0v) is 15.5. The number of piperazine rings is 1. The molecular formula is C16H15BrFN3O3S. The van der Waals surface area contributed by atoms with Crippen molar-refractivity contribution >= 4 is 31.9 Å². The van der Waals surface area contributed by atoms with Crippen molar-refractivity contribution in [2.75, 3.05) is 26.2 Å². The summed E-state index contributed by atoms with van der Waals surface area (Å²) < 4.78 is 40.3. The molecule has 25 heavy (non-hydrogen) atoms. The Hall–Kier alpha value is -1.84. The molecule has 1 fully saturated rings. The third kappa shape index (κ3) is 3.73. The standard InChI is InChI=1S/C16H15BrFN3O3S/c17-15-4-3-12(18)10-14(15)16(22)20-6-8-21(9-7-20)25(23,24)13-2-1-5-19-11-13/h1-5,10-11H,6-9H2. The molecule has 2 heterocycles. The number of hydrogen-bond donors (Lipinski definition) is 0. The van der Waals surface area contributed by atoms with Crippen molar-refractivity contribution < 1.29 is 17.6 Å². The van der Waals surface area contributed by atoms with Crippen LogP contribution in [0.25, 0.3) is 0 Å². The summed E-state index contributed by atoms with van der Waals surface area (Å²) in [6, 6.07) is 6.97.